The van der Waals surface area contributed by atoms with Crippen molar-refractivity contribution in [2.24, 2.45) is 5.92 Å². The molecule has 1 fully saturated rings. The van der Waals surface area contributed by atoms with E-state index < -0.39 is 0 Å². The van der Waals surface area contributed by atoms with Crippen LogP contribution in [0.2, 0.25) is 0 Å². The molecule has 1 aliphatic rings. The van der Waals surface area contributed by atoms with Crippen molar-refractivity contribution in [3.8, 4) is 0 Å². The van der Waals surface area contributed by atoms with E-state index in [0.717, 1.165) is 24.9 Å². The van der Waals surface area contributed by atoms with Gasteiger partial charge in [0.15, 0.2) is 0 Å². The molecule has 0 radical (unpaired) electrons. The molecule has 0 unspecified atom stereocenters. The maximum Gasteiger partial charge on any atom is 0.00673 e. The lowest BCUT2D eigenvalue weighted by molar-refractivity contribution is 0.279. The molecule has 0 aliphatic heterocycles. The zero-order valence-electron chi connectivity index (χ0n) is 12.6. The van der Waals surface area contributed by atoms with Crippen molar-refractivity contribution < 1.29 is 0 Å². The predicted molar refractivity (Wildman–Crippen MR) is 83.5 cm³/mol. The molecular weight excluding hydrogens is 230 g/mol. The second-order valence-corrected chi connectivity index (χ2v) is 6.20. The quantitative estimate of drug-likeness (QED) is 0.794. The Hall–Kier alpha value is -0.820. The zero-order valence-corrected chi connectivity index (χ0v) is 12.6. The van der Waals surface area contributed by atoms with Crippen molar-refractivity contribution in [2.45, 2.75) is 64.8 Å². The van der Waals surface area contributed by atoms with Crippen LogP contribution in [0.15, 0.2) is 24.3 Å². The van der Waals surface area contributed by atoms with Gasteiger partial charge in [0, 0.05) is 6.04 Å². The summed E-state index contributed by atoms with van der Waals surface area (Å²) in [6.45, 7) is 5.62. The van der Waals surface area contributed by atoms with Crippen LogP contribution >= 0.6 is 0 Å². The first kappa shape index (κ1) is 14.6. The molecule has 0 bridgehead atoms. The number of hydrogen-bond acceptors (Lipinski definition) is 1. The summed E-state index contributed by atoms with van der Waals surface area (Å²) in [6, 6.07) is 9.66. The number of nitrogens with one attached hydrogen (secondary N) is 1. The molecule has 1 aromatic carbocycles. The van der Waals surface area contributed by atoms with Crippen LogP contribution in [0.1, 0.15) is 56.6 Å². The minimum absolute atomic E-state index is 0.776. The molecular formula is C18H29N. The number of aryl methyl sites for hydroxylation is 1. The molecule has 0 amide bonds. The highest BCUT2D eigenvalue weighted by atomic mass is 14.9. The van der Waals surface area contributed by atoms with Gasteiger partial charge in [0.1, 0.15) is 0 Å². The van der Waals surface area contributed by atoms with E-state index in [-0.39, 0.29) is 0 Å². The van der Waals surface area contributed by atoms with Crippen molar-refractivity contribution in [1.29, 1.82) is 0 Å². The summed E-state index contributed by atoms with van der Waals surface area (Å²) in [7, 11) is 0. The van der Waals surface area contributed by atoms with Gasteiger partial charge in [0.25, 0.3) is 0 Å². The Morgan fingerprint density at radius 2 is 1.95 bits per heavy atom. The maximum absolute atomic E-state index is 3.75. The van der Waals surface area contributed by atoms with E-state index in [0.29, 0.717) is 0 Å². The molecule has 1 aromatic rings. The summed E-state index contributed by atoms with van der Waals surface area (Å²) >= 11 is 0. The molecule has 19 heavy (non-hydrogen) atoms. The molecule has 2 rings (SSSR count). The number of hydrogen-bond donors (Lipinski definition) is 1. The Morgan fingerprint density at radius 3 is 2.63 bits per heavy atom. The third-order valence-electron chi connectivity index (χ3n) is 4.47. The Balaban J connectivity index is 1.64. The van der Waals surface area contributed by atoms with Crippen LogP contribution in [0.3, 0.4) is 0 Å². The Labute approximate surface area is 118 Å². The van der Waals surface area contributed by atoms with Crippen molar-refractivity contribution in [3.63, 3.8) is 0 Å². The van der Waals surface area contributed by atoms with Gasteiger partial charge in [-0.2, -0.15) is 0 Å². The molecule has 0 spiro atoms. The smallest absolute Gasteiger partial charge is 0.00673 e. The largest absolute Gasteiger partial charge is 0.314 e. The topological polar surface area (TPSA) is 12.0 Å². The van der Waals surface area contributed by atoms with E-state index in [1.165, 1.54) is 49.7 Å². The molecule has 1 saturated carbocycles. The SMILES string of the molecule is CCCC1CCC(NCCc2cccc(C)c2)CC1. The average Bonchev–Trinajstić information content (AvgIpc) is 2.41. The predicted octanol–water partition coefficient (Wildman–Crippen LogP) is 4.49. The molecule has 1 N–H and O–H groups in total. The minimum atomic E-state index is 0.776. The highest BCUT2D eigenvalue weighted by Gasteiger charge is 2.19. The van der Waals surface area contributed by atoms with Crippen LogP contribution in [-0.4, -0.2) is 12.6 Å². The first-order chi connectivity index (χ1) is 9.28. The highest BCUT2D eigenvalue weighted by Crippen LogP contribution is 2.27. The van der Waals surface area contributed by atoms with Gasteiger partial charge >= 0.3 is 0 Å². The Kier molecular flexibility index (Phi) is 5.91. The Morgan fingerprint density at radius 1 is 1.16 bits per heavy atom. The van der Waals surface area contributed by atoms with E-state index in [9.17, 15) is 0 Å². The van der Waals surface area contributed by atoms with Gasteiger partial charge in [-0.3, -0.25) is 0 Å². The van der Waals surface area contributed by atoms with Gasteiger partial charge in [-0.25, -0.2) is 0 Å². The zero-order chi connectivity index (χ0) is 13.5. The van der Waals surface area contributed by atoms with Crippen molar-refractivity contribution in [1.82, 2.24) is 5.32 Å². The molecule has 1 aliphatic carbocycles. The highest BCUT2D eigenvalue weighted by molar-refractivity contribution is 5.22. The van der Waals surface area contributed by atoms with Crippen LogP contribution in [-0.2, 0) is 6.42 Å². The number of rotatable bonds is 6. The van der Waals surface area contributed by atoms with E-state index >= 15 is 0 Å². The fourth-order valence-corrected chi connectivity index (χ4v) is 3.35. The summed E-state index contributed by atoms with van der Waals surface area (Å²) in [5, 5.41) is 3.75. The fraction of sp³-hybridized carbons (Fsp3) is 0.667. The lowest BCUT2D eigenvalue weighted by Crippen LogP contribution is -2.34. The van der Waals surface area contributed by atoms with Crippen molar-refractivity contribution in [3.05, 3.63) is 35.4 Å². The van der Waals surface area contributed by atoms with E-state index in [1.807, 2.05) is 0 Å². The summed E-state index contributed by atoms with van der Waals surface area (Å²) in [4.78, 5) is 0. The summed E-state index contributed by atoms with van der Waals surface area (Å²) in [6.07, 6.45) is 9.62. The maximum atomic E-state index is 3.75. The van der Waals surface area contributed by atoms with Crippen LogP contribution in [0.4, 0.5) is 0 Å². The van der Waals surface area contributed by atoms with Gasteiger partial charge in [-0.15, -0.1) is 0 Å². The second-order valence-electron chi connectivity index (χ2n) is 6.20. The van der Waals surface area contributed by atoms with Crippen LogP contribution < -0.4 is 5.32 Å². The van der Waals surface area contributed by atoms with Crippen LogP contribution in [0.5, 0.6) is 0 Å². The third kappa shape index (κ3) is 4.99. The third-order valence-corrected chi connectivity index (χ3v) is 4.47. The number of benzene rings is 1. The van der Waals surface area contributed by atoms with Crippen LogP contribution in [0, 0.1) is 12.8 Å². The summed E-state index contributed by atoms with van der Waals surface area (Å²) in [5.41, 5.74) is 2.84. The summed E-state index contributed by atoms with van der Waals surface area (Å²) < 4.78 is 0. The second kappa shape index (κ2) is 7.69. The summed E-state index contributed by atoms with van der Waals surface area (Å²) in [5.74, 6) is 1.01. The van der Waals surface area contributed by atoms with Gasteiger partial charge in [0.05, 0.1) is 0 Å². The average molecular weight is 259 g/mol. The van der Waals surface area contributed by atoms with Crippen molar-refractivity contribution in [2.75, 3.05) is 6.54 Å². The first-order valence-electron chi connectivity index (χ1n) is 8.07. The fourth-order valence-electron chi connectivity index (χ4n) is 3.35. The molecule has 0 aromatic heterocycles. The molecule has 1 nitrogen and oxygen atoms in total. The Bertz CT molecular complexity index is 364. The first-order valence-corrected chi connectivity index (χ1v) is 8.07. The van der Waals surface area contributed by atoms with E-state index in [4.69, 9.17) is 0 Å². The van der Waals surface area contributed by atoms with Gasteiger partial charge < -0.3 is 5.32 Å². The lowest BCUT2D eigenvalue weighted by Gasteiger charge is -2.29. The molecule has 0 saturated heterocycles. The van der Waals surface area contributed by atoms with Gasteiger partial charge in [-0.05, 0) is 57.1 Å². The normalized spacial score (nSPS) is 23.5. The molecule has 0 heterocycles. The molecule has 1 heteroatoms. The van der Waals surface area contributed by atoms with E-state index in [1.54, 1.807) is 0 Å². The standard InChI is InChI=1S/C18H29N/c1-3-5-16-8-10-18(11-9-16)19-13-12-17-7-4-6-15(2)14-17/h4,6-7,14,16,18-19H,3,5,8-13H2,1-2H3. The molecule has 0 atom stereocenters. The van der Waals surface area contributed by atoms with Gasteiger partial charge in [0.2, 0.25) is 0 Å². The monoisotopic (exact) mass is 259 g/mol. The minimum Gasteiger partial charge on any atom is -0.314 e. The van der Waals surface area contributed by atoms with E-state index in [2.05, 4.69) is 43.4 Å². The van der Waals surface area contributed by atoms with Gasteiger partial charge in [-0.1, -0.05) is 49.6 Å². The lowest BCUT2D eigenvalue weighted by atomic mass is 9.83. The molecule has 106 valence electrons. The van der Waals surface area contributed by atoms with Crippen LogP contribution in [0.25, 0.3) is 0 Å². The van der Waals surface area contributed by atoms with Crippen molar-refractivity contribution >= 4 is 0 Å².